The fraction of sp³-hybridized carbons (Fsp3) is 0.923. The first-order valence-corrected chi connectivity index (χ1v) is 6.49. The van der Waals surface area contributed by atoms with Crippen LogP contribution in [0.1, 0.15) is 58.3 Å². The normalized spacial score (nSPS) is 19.9. The number of amides is 1. The zero-order chi connectivity index (χ0) is 11.1. The van der Waals surface area contributed by atoms with Gasteiger partial charge in [-0.2, -0.15) is 0 Å². The average Bonchev–Trinajstić information content (AvgIpc) is 2.29. The van der Waals surface area contributed by atoms with Crippen LogP contribution in [0.5, 0.6) is 0 Å². The van der Waals surface area contributed by atoms with Crippen LogP contribution in [0.4, 0.5) is 0 Å². The van der Waals surface area contributed by atoms with Crippen molar-refractivity contribution in [3.63, 3.8) is 0 Å². The van der Waals surface area contributed by atoms with Crippen LogP contribution in [0.3, 0.4) is 0 Å². The molecule has 0 aliphatic heterocycles. The van der Waals surface area contributed by atoms with E-state index in [2.05, 4.69) is 12.2 Å². The number of hydrogen-bond acceptors (Lipinski definition) is 1. The zero-order valence-electron chi connectivity index (χ0n) is 10.2. The van der Waals surface area contributed by atoms with Gasteiger partial charge >= 0.3 is 0 Å². The van der Waals surface area contributed by atoms with Gasteiger partial charge in [-0.15, -0.1) is 0 Å². The lowest BCUT2D eigenvalue weighted by Gasteiger charge is -2.25. The number of nitrogens with one attached hydrogen (secondary N) is 1. The lowest BCUT2D eigenvalue weighted by Crippen LogP contribution is -2.29. The largest absolute Gasteiger partial charge is 0.359 e. The fourth-order valence-electron chi connectivity index (χ4n) is 2.73. The van der Waals surface area contributed by atoms with Crippen molar-refractivity contribution < 1.29 is 4.79 Å². The lowest BCUT2D eigenvalue weighted by atomic mass is 9.81. The Morgan fingerprint density at radius 3 is 2.53 bits per heavy atom. The molecule has 1 saturated carbocycles. The molecule has 0 saturated heterocycles. The smallest absolute Gasteiger partial charge is 0.222 e. The van der Waals surface area contributed by atoms with Crippen LogP contribution in [0.15, 0.2) is 0 Å². The second-order valence-corrected chi connectivity index (χ2v) is 4.84. The maximum Gasteiger partial charge on any atom is 0.222 e. The Morgan fingerprint density at radius 2 is 2.00 bits per heavy atom. The van der Waals surface area contributed by atoms with Crippen molar-refractivity contribution in [3.8, 4) is 0 Å². The van der Waals surface area contributed by atoms with Gasteiger partial charge < -0.3 is 5.32 Å². The van der Waals surface area contributed by atoms with E-state index in [1.54, 1.807) is 7.05 Å². The van der Waals surface area contributed by atoms with E-state index in [0.717, 1.165) is 25.2 Å². The molecule has 2 nitrogen and oxygen atoms in total. The Kier molecular flexibility index (Phi) is 5.74. The van der Waals surface area contributed by atoms with Gasteiger partial charge in [0, 0.05) is 13.0 Å². The van der Waals surface area contributed by atoms with Gasteiger partial charge in [0.05, 0.1) is 0 Å². The summed E-state index contributed by atoms with van der Waals surface area (Å²) in [7, 11) is 1.76. The molecule has 1 fully saturated rings. The van der Waals surface area contributed by atoms with Crippen molar-refractivity contribution in [3.05, 3.63) is 0 Å². The molecule has 1 unspecified atom stereocenters. The highest BCUT2D eigenvalue weighted by Crippen LogP contribution is 2.30. The van der Waals surface area contributed by atoms with E-state index in [0.29, 0.717) is 0 Å². The van der Waals surface area contributed by atoms with E-state index < -0.39 is 0 Å². The predicted molar refractivity (Wildman–Crippen MR) is 63.7 cm³/mol. The van der Waals surface area contributed by atoms with Crippen molar-refractivity contribution in [2.75, 3.05) is 7.05 Å². The first-order chi connectivity index (χ1) is 7.27. The average molecular weight is 211 g/mol. The third kappa shape index (κ3) is 4.23. The fourth-order valence-corrected chi connectivity index (χ4v) is 2.73. The van der Waals surface area contributed by atoms with Gasteiger partial charge in [-0.05, 0) is 18.8 Å². The topological polar surface area (TPSA) is 29.1 Å². The summed E-state index contributed by atoms with van der Waals surface area (Å²) in [6, 6.07) is 0. The summed E-state index contributed by atoms with van der Waals surface area (Å²) in [6.07, 6.45) is 10.1. The van der Waals surface area contributed by atoms with Gasteiger partial charge in [-0.3, -0.25) is 4.79 Å². The van der Waals surface area contributed by atoms with Crippen molar-refractivity contribution in [1.29, 1.82) is 0 Å². The Balaban J connectivity index is 2.38. The van der Waals surface area contributed by atoms with Gasteiger partial charge in [0.25, 0.3) is 0 Å². The van der Waals surface area contributed by atoms with Crippen molar-refractivity contribution >= 4 is 5.91 Å². The van der Waals surface area contributed by atoms with E-state index in [9.17, 15) is 4.79 Å². The van der Waals surface area contributed by atoms with E-state index >= 15 is 0 Å². The highest BCUT2D eigenvalue weighted by atomic mass is 16.1. The molecule has 0 aromatic rings. The summed E-state index contributed by atoms with van der Waals surface area (Å²) in [5.41, 5.74) is 0. The summed E-state index contributed by atoms with van der Waals surface area (Å²) in [6.45, 7) is 2.16. The van der Waals surface area contributed by atoms with Gasteiger partial charge in [0.2, 0.25) is 5.91 Å². The minimum atomic E-state index is 0.252. The van der Waals surface area contributed by atoms with E-state index in [1.807, 2.05) is 0 Å². The number of rotatable bonds is 5. The molecule has 0 aromatic heterocycles. The first kappa shape index (κ1) is 12.5. The van der Waals surface area contributed by atoms with Gasteiger partial charge in [0.1, 0.15) is 0 Å². The first-order valence-electron chi connectivity index (χ1n) is 6.49. The summed E-state index contributed by atoms with van der Waals surface area (Å²) >= 11 is 0. The molecular weight excluding hydrogens is 186 g/mol. The molecular formula is C13H25NO. The molecule has 1 amide bonds. The molecule has 15 heavy (non-hydrogen) atoms. The van der Waals surface area contributed by atoms with Gasteiger partial charge in [-0.1, -0.05) is 45.4 Å². The second-order valence-electron chi connectivity index (χ2n) is 4.84. The molecule has 88 valence electrons. The molecule has 0 spiro atoms. The van der Waals surface area contributed by atoms with Crippen LogP contribution in [0.2, 0.25) is 0 Å². The molecule has 0 radical (unpaired) electrons. The lowest BCUT2D eigenvalue weighted by molar-refractivity contribution is -0.125. The van der Waals surface area contributed by atoms with Crippen LogP contribution < -0.4 is 5.32 Å². The monoisotopic (exact) mass is 211 g/mol. The van der Waals surface area contributed by atoms with Gasteiger partial charge in [-0.25, -0.2) is 0 Å². The third-order valence-corrected chi connectivity index (χ3v) is 3.60. The molecule has 0 bridgehead atoms. The second kappa shape index (κ2) is 6.86. The van der Waals surface area contributed by atoms with Gasteiger partial charge in [0.15, 0.2) is 0 Å². The van der Waals surface area contributed by atoms with E-state index in [-0.39, 0.29) is 11.8 Å². The maximum atomic E-state index is 11.7. The summed E-state index contributed by atoms with van der Waals surface area (Å²) in [4.78, 5) is 11.7. The molecule has 1 aliphatic rings. The Morgan fingerprint density at radius 1 is 1.33 bits per heavy atom. The number of carbonyl (C=O) groups is 1. The Labute approximate surface area is 93.8 Å². The quantitative estimate of drug-likeness (QED) is 0.743. The highest BCUT2D eigenvalue weighted by Gasteiger charge is 2.22. The molecule has 1 rings (SSSR count). The molecule has 1 atom stereocenters. The molecule has 1 aliphatic carbocycles. The van der Waals surface area contributed by atoms with Crippen molar-refractivity contribution in [2.24, 2.45) is 11.8 Å². The standard InChI is InChI=1S/C13H25NO/c1-3-7-12(13(15)14-2)10-11-8-5-4-6-9-11/h11-12H,3-10H2,1-2H3,(H,14,15). The number of hydrogen-bond donors (Lipinski definition) is 1. The Bertz CT molecular complexity index is 185. The third-order valence-electron chi connectivity index (χ3n) is 3.60. The molecule has 0 heterocycles. The van der Waals surface area contributed by atoms with Crippen molar-refractivity contribution in [1.82, 2.24) is 5.32 Å². The van der Waals surface area contributed by atoms with Crippen LogP contribution in [-0.4, -0.2) is 13.0 Å². The van der Waals surface area contributed by atoms with Crippen molar-refractivity contribution in [2.45, 2.75) is 58.3 Å². The minimum absolute atomic E-state index is 0.252. The van der Waals surface area contributed by atoms with Crippen LogP contribution in [0, 0.1) is 11.8 Å². The zero-order valence-corrected chi connectivity index (χ0v) is 10.2. The summed E-state index contributed by atoms with van der Waals surface area (Å²) < 4.78 is 0. The molecule has 1 N–H and O–H groups in total. The van der Waals surface area contributed by atoms with E-state index in [1.165, 1.54) is 32.1 Å². The molecule has 2 heteroatoms. The van der Waals surface area contributed by atoms with E-state index in [4.69, 9.17) is 0 Å². The number of carbonyl (C=O) groups excluding carboxylic acids is 1. The summed E-state index contributed by atoms with van der Waals surface area (Å²) in [5.74, 6) is 1.33. The van der Waals surface area contributed by atoms with Crippen LogP contribution in [0.25, 0.3) is 0 Å². The Hall–Kier alpha value is -0.530. The maximum absolute atomic E-state index is 11.7. The predicted octanol–water partition coefficient (Wildman–Crippen LogP) is 3.12. The summed E-state index contributed by atoms with van der Waals surface area (Å²) in [5, 5.41) is 2.80. The minimum Gasteiger partial charge on any atom is -0.359 e. The SMILES string of the molecule is CCCC(CC1CCCCC1)C(=O)NC. The van der Waals surface area contributed by atoms with Crippen LogP contribution in [-0.2, 0) is 4.79 Å². The highest BCUT2D eigenvalue weighted by molar-refractivity contribution is 5.78. The molecule has 0 aromatic carbocycles. The van der Waals surface area contributed by atoms with Crippen LogP contribution >= 0.6 is 0 Å².